The minimum atomic E-state index is -0.949. The number of carboxylic acids is 1. The Hall–Kier alpha value is -3.64. The molecule has 0 saturated heterocycles. The summed E-state index contributed by atoms with van der Waals surface area (Å²) in [6.07, 6.45) is 2.22. The molecular formula is C31H28ClNO4. The molecule has 0 radical (unpaired) electrons. The molecule has 0 aromatic heterocycles. The number of aliphatic hydroxyl groups excluding tert-OH is 1. The van der Waals surface area contributed by atoms with Crippen molar-refractivity contribution in [3.8, 4) is 22.6 Å². The Morgan fingerprint density at radius 2 is 1.68 bits per heavy atom. The van der Waals surface area contributed by atoms with E-state index in [4.69, 9.17) is 16.3 Å². The van der Waals surface area contributed by atoms with Crippen molar-refractivity contribution in [2.75, 3.05) is 6.54 Å². The Labute approximate surface area is 221 Å². The molecule has 3 N–H and O–H groups in total. The lowest BCUT2D eigenvalue weighted by Crippen LogP contribution is -2.37. The van der Waals surface area contributed by atoms with Gasteiger partial charge in [-0.3, -0.25) is 0 Å². The van der Waals surface area contributed by atoms with Gasteiger partial charge in [0.25, 0.3) is 0 Å². The van der Waals surface area contributed by atoms with E-state index in [0.29, 0.717) is 17.3 Å². The van der Waals surface area contributed by atoms with Crippen molar-refractivity contribution in [2.45, 2.75) is 31.4 Å². The van der Waals surface area contributed by atoms with Crippen molar-refractivity contribution < 1.29 is 19.7 Å². The summed E-state index contributed by atoms with van der Waals surface area (Å²) in [4.78, 5) is 11.3. The zero-order valence-corrected chi connectivity index (χ0v) is 21.0. The average molecular weight is 514 g/mol. The van der Waals surface area contributed by atoms with E-state index >= 15 is 0 Å². The van der Waals surface area contributed by atoms with Crippen molar-refractivity contribution in [3.05, 3.63) is 118 Å². The van der Waals surface area contributed by atoms with Crippen LogP contribution in [0.2, 0.25) is 5.02 Å². The Bertz CT molecular complexity index is 1420. The molecule has 5 rings (SSSR count). The largest absolute Gasteiger partial charge is 0.478 e. The highest BCUT2D eigenvalue weighted by Gasteiger charge is 2.20. The second-order valence-corrected chi connectivity index (χ2v) is 9.80. The lowest BCUT2D eigenvalue weighted by Gasteiger charge is -2.27. The molecule has 2 atom stereocenters. The van der Waals surface area contributed by atoms with Gasteiger partial charge in [0.1, 0.15) is 11.5 Å². The third kappa shape index (κ3) is 6.20. The highest BCUT2D eigenvalue weighted by Crippen LogP contribution is 2.31. The molecule has 0 spiro atoms. The summed E-state index contributed by atoms with van der Waals surface area (Å²) in [6.45, 7) is 0.465. The monoisotopic (exact) mass is 513 g/mol. The Morgan fingerprint density at radius 3 is 2.49 bits per heavy atom. The first-order valence-corrected chi connectivity index (χ1v) is 12.7. The highest BCUT2D eigenvalue weighted by atomic mass is 35.5. The van der Waals surface area contributed by atoms with Gasteiger partial charge >= 0.3 is 5.97 Å². The molecule has 37 heavy (non-hydrogen) atoms. The normalized spacial score (nSPS) is 15.6. The van der Waals surface area contributed by atoms with Gasteiger partial charge in [0, 0.05) is 17.6 Å². The first-order chi connectivity index (χ1) is 17.9. The molecule has 188 valence electrons. The van der Waals surface area contributed by atoms with Gasteiger partial charge in [-0.05, 0) is 95.6 Å². The standard InChI is InChI=1S/C31H28ClNO4/c32-26-8-2-6-23(15-26)30(34)19-33-27-12-10-20-11-13-29(18-25(20)16-27)37-28-9-3-5-22(17-28)21-4-1-7-24(14-21)31(35)36/h1-9,11,13-15,17-18,27,30,33-34H,10,12,16,19H2,(H,35,36)/t27-,30-/m0/s1. The van der Waals surface area contributed by atoms with E-state index < -0.39 is 12.1 Å². The predicted molar refractivity (Wildman–Crippen MR) is 146 cm³/mol. The molecule has 0 saturated carbocycles. The number of hydrogen-bond donors (Lipinski definition) is 3. The Kier molecular flexibility index (Phi) is 7.56. The summed E-state index contributed by atoms with van der Waals surface area (Å²) in [6, 6.07) is 28.3. The van der Waals surface area contributed by atoms with Gasteiger partial charge in [-0.2, -0.15) is 0 Å². The van der Waals surface area contributed by atoms with Crippen molar-refractivity contribution in [3.63, 3.8) is 0 Å². The molecular weight excluding hydrogens is 486 g/mol. The zero-order chi connectivity index (χ0) is 25.8. The maximum Gasteiger partial charge on any atom is 0.335 e. The van der Waals surface area contributed by atoms with Crippen LogP contribution in [0.3, 0.4) is 0 Å². The molecule has 0 fully saturated rings. The molecule has 0 unspecified atom stereocenters. The van der Waals surface area contributed by atoms with Crippen LogP contribution in [0.5, 0.6) is 11.5 Å². The van der Waals surface area contributed by atoms with Crippen LogP contribution < -0.4 is 10.1 Å². The molecule has 4 aromatic rings. The Balaban J connectivity index is 1.25. The number of fused-ring (bicyclic) bond motifs is 1. The van der Waals surface area contributed by atoms with E-state index in [1.165, 1.54) is 11.1 Å². The van der Waals surface area contributed by atoms with Crippen LogP contribution >= 0.6 is 11.6 Å². The van der Waals surface area contributed by atoms with E-state index in [0.717, 1.165) is 41.7 Å². The Morgan fingerprint density at radius 1 is 0.919 bits per heavy atom. The molecule has 5 nitrogen and oxygen atoms in total. The number of aryl methyl sites for hydroxylation is 1. The number of ether oxygens (including phenoxy) is 1. The molecule has 0 heterocycles. The molecule has 0 bridgehead atoms. The number of carboxylic acid groups (broad SMARTS) is 1. The van der Waals surface area contributed by atoms with Crippen LogP contribution in [0, 0.1) is 0 Å². The van der Waals surface area contributed by atoms with Crippen molar-refractivity contribution >= 4 is 17.6 Å². The topological polar surface area (TPSA) is 78.8 Å². The smallest absolute Gasteiger partial charge is 0.335 e. The fourth-order valence-electron chi connectivity index (χ4n) is 4.79. The number of aliphatic hydroxyl groups is 1. The quantitative estimate of drug-likeness (QED) is 0.245. The number of carbonyl (C=O) groups is 1. The van der Waals surface area contributed by atoms with Crippen LogP contribution in [0.1, 0.15) is 39.6 Å². The minimum absolute atomic E-state index is 0.252. The van der Waals surface area contributed by atoms with E-state index in [1.54, 1.807) is 30.3 Å². The predicted octanol–water partition coefficient (Wildman–Crippen LogP) is 6.68. The summed E-state index contributed by atoms with van der Waals surface area (Å²) in [7, 11) is 0. The van der Waals surface area contributed by atoms with Gasteiger partial charge in [-0.1, -0.05) is 54.1 Å². The summed E-state index contributed by atoms with van der Waals surface area (Å²) < 4.78 is 6.20. The second kappa shape index (κ2) is 11.2. The second-order valence-electron chi connectivity index (χ2n) is 9.37. The van der Waals surface area contributed by atoms with Crippen LogP contribution in [0.25, 0.3) is 11.1 Å². The maximum absolute atomic E-state index is 11.3. The van der Waals surface area contributed by atoms with Crippen LogP contribution in [0.4, 0.5) is 0 Å². The number of benzene rings is 4. The summed E-state index contributed by atoms with van der Waals surface area (Å²) in [5.74, 6) is 0.498. The van der Waals surface area contributed by atoms with E-state index in [9.17, 15) is 15.0 Å². The molecule has 6 heteroatoms. The fraction of sp³-hybridized carbons (Fsp3) is 0.194. The van der Waals surface area contributed by atoms with E-state index in [2.05, 4.69) is 17.4 Å². The van der Waals surface area contributed by atoms with Gasteiger partial charge in [-0.25, -0.2) is 4.79 Å². The van der Waals surface area contributed by atoms with Crippen LogP contribution in [-0.2, 0) is 12.8 Å². The van der Waals surface area contributed by atoms with Crippen molar-refractivity contribution in [1.82, 2.24) is 5.32 Å². The van der Waals surface area contributed by atoms with Gasteiger partial charge in [0.2, 0.25) is 0 Å². The van der Waals surface area contributed by atoms with Gasteiger partial charge in [-0.15, -0.1) is 0 Å². The molecule has 1 aliphatic rings. The molecule has 0 amide bonds. The molecule has 1 aliphatic carbocycles. The summed E-state index contributed by atoms with van der Waals surface area (Å²) in [5, 5.41) is 24.0. The summed E-state index contributed by atoms with van der Waals surface area (Å²) >= 11 is 6.06. The van der Waals surface area contributed by atoms with Crippen LogP contribution in [0.15, 0.2) is 91.0 Å². The number of nitrogens with one attached hydrogen (secondary N) is 1. The number of hydrogen-bond acceptors (Lipinski definition) is 4. The fourth-order valence-corrected chi connectivity index (χ4v) is 4.99. The third-order valence-corrected chi connectivity index (χ3v) is 6.99. The minimum Gasteiger partial charge on any atom is -0.478 e. The first-order valence-electron chi connectivity index (χ1n) is 12.3. The average Bonchev–Trinajstić information content (AvgIpc) is 2.91. The number of aromatic carboxylic acids is 1. The van der Waals surface area contributed by atoms with Crippen molar-refractivity contribution in [1.29, 1.82) is 0 Å². The zero-order valence-electron chi connectivity index (χ0n) is 20.2. The summed E-state index contributed by atoms with van der Waals surface area (Å²) in [5.41, 5.74) is 5.33. The highest BCUT2D eigenvalue weighted by molar-refractivity contribution is 6.30. The van der Waals surface area contributed by atoms with Crippen LogP contribution in [-0.4, -0.2) is 28.8 Å². The van der Waals surface area contributed by atoms with E-state index in [-0.39, 0.29) is 11.6 Å². The SMILES string of the molecule is O=C(O)c1cccc(-c2cccc(Oc3ccc4c(c3)C[C@@H](NC[C@H](O)c3cccc(Cl)c3)CC4)c2)c1. The number of rotatable bonds is 8. The van der Waals surface area contributed by atoms with Crippen molar-refractivity contribution in [2.24, 2.45) is 0 Å². The lowest BCUT2D eigenvalue weighted by molar-refractivity contribution is 0.0697. The number of halogens is 1. The van der Waals surface area contributed by atoms with Gasteiger partial charge < -0.3 is 20.3 Å². The maximum atomic E-state index is 11.3. The van der Waals surface area contributed by atoms with Gasteiger partial charge in [0.05, 0.1) is 11.7 Å². The molecule has 4 aromatic carbocycles. The van der Waals surface area contributed by atoms with Gasteiger partial charge in [0.15, 0.2) is 0 Å². The van der Waals surface area contributed by atoms with E-state index in [1.807, 2.05) is 48.5 Å². The third-order valence-electron chi connectivity index (χ3n) is 6.75. The lowest BCUT2D eigenvalue weighted by atomic mass is 9.88. The first kappa shape index (κ1) is 25.0. The molecule has 0 aliphatic heterocycles.